The monoisotopic (exact) mass is 290 g/mol. The van der Waals surface area contributed by atoms with Crippen LogP contribution in [0.4, 0.5) is 5.69 Å². The van der Waals surface area contributed by atoms with Crippen LogP contribution < -0.4 is 5.32 Å². The minimum absolute atomic E-state index is 0.0329. The van der Waals surface area contributed by atoms with Gasteiger partial charge in [-0.25, -0.2) is 0 Å². The molecule has 1 N–H and O–H groups in total. The number of amides is 1. The third-order valence-electron chi connectivity index (χ3n) is 3.98. The van der Waals surface area contributed by atoms with Crippen LogP contribution in [-0.2, 0) is 4.74 Å². The second kappa shape index (κ2) is 6.94. The SMILES string of the molecule is CC(C)C1CC(Nc2ccccc2C(=O)N(C)C)CCO1. The molecule has 2 unspecified atom stereocenters. The van der Waals surface area contributed by atoms with Crippen molar-refractivity contribution >= 4 is 11.6 Å². The van der Waals surface area contributed by atoms with Crippen LogP contribution in [0, 0.1) is 5.92 Å². The zero-order valence-corrected chi connectivity index (χ0v) is 13.4. The third-order valence-corrected chi connectivity index (χ3v) is 3.98. The molecule has 1 heterocycles. The summed E-state index contributed by atoms with van der Waals surface area (Å²) < 4.78 is 5.81. The molecule has 4 heteroatoms. The molecule has 21 heavy (non-hydrogen) atoms. The van der Waals surface area contributed by atoms with E-state index in [4.69, 9.17) is 4.74 Å². The first-order valence-corrected chi connectivity index (χ1v) is 7.68. The van der Waals surface area contributed by atoms with Crippen LogP contribution in [0.2, 0.25) is 0 Å². The van der Waals surface area contributed by atoms with E-state index < -0.39 is 0 Å². The lowest BCUT2D eigenvalue weighted by Gasteiger charge is -2.33. The Morgan fingerprint density at radius 2 is 2.05 bits per heavy atom. The number of benzene rings is 1. The molecular formula is C17H26N2O2. The zero-order valence-electron chi connectivity index (χ0n) is 13.4. The lowest BCUT2D eigenvalue weighted by Crippen LogP contribution is -2.37. The molecule has 2 rings (SSSR count). The van der Waals surface area contributed by atoms with Gasteiger partial charge in [-0.15, -0.1) is 0 Å². The largest absolute Gasteiger partial charge is 0.381 e. The molecule has 0 radical (unpaired) electrons. The Labute approximate surface area is 127 Å². The van der Waals surface area contributed by atoms with Gasteiger partial charge >= 0.3 is 0 Å². The highest BCUT2D eigenvalue weighted by Crippen LogP contribution is 2.25. The molecule has 1 saturated heterocycles. The Bertz CT molecular complexity index is 485. The highest BCUT2D eigenvalue weighted by Gasteiger charge is 2.25. The standard InChI is InChI=1S/C17H26N2O2/c1-12(2)16-11-13(9-10-21-16)18-15-8-6-5-7-14(15)17(20)19(3)4/h5-8,12-13,16,18H,9-11H2,1-4H3. The topological polar surface area (TPSA) is 41.6 Å². The van der Waals surface area contributed by atoms with Gasteiger partial charge in [-0.05, 0) is 30.9 Å². The average molecular weight is 290 g/mol. The molecular weight excluding hydrogens is 264 g/mol. The molecule has 0 aliphatic carbocycles. The van der Waals surface area contributed by atoms with Crippen molar-refractivity contribution in [3.63, 3.8) is 0 Å². The Kier molecular flexibility index (Phi) is 5.23. The summed E-state index contributed by atoms with van der Waals surface area (Å²) in [7, 11) is 3.56. The molecule has 1 aliphatic rings. The first kappa shape index (κ1) is 15.8. The maximum absolute atomic E-state index is 12.2. The van der Waals surface area contributed by atoms with E-state index in [2.05, 4.69) is 19.2 Å². The van der Waals surface area contributed by atoms with E-state index in [1.165, 1.54) is 0 Å². The van der Waals surface area contributed by atoms with Crippen LogP contribution in [-0.4, -0.2) is 43.7 Å². The fraction of sp³-hybridized carbons (Fsp3) is 0.588. The Morgan fingerprint density at radius 1 is 1.33 bits per heavy atom. The summed E-state index contributed by atoms with van der Waals surface area (Å²) in [5.41, 5.74) is 1.65. The van der Waals surface area contributed by atoms with Crippen LogP contribution in [0.3, 0.4) is 0 Å². The summed E-state index contributed by atoms with van der Waals surface area (Å²) in [5, 5.41) is 3.54. The van der Waals surface area contributed by atoms with Gasteiger partial charge in [-0.2, -0.15) is 0 Å². The van der Waals surface area contributed by atoms with Gasteiger partial charge < -0.3 is 15.0 Å². The van der Waals surface area contributed by atoms with Crippen LogP contribution in [0.25, 0.3) is 0 Å². The second-order valence-corrected chi connectivity index (χ2v) is 6.26. The molecule has 0 saturated carbocycles. The summed E-state index contributed by atoms with van der Waals surface area (Å²) in [6.07, 6.45) is 2.27. The minimum atomic E-state index is 0.0329. The van der Waals surface area contributed by atoms with E-state index in [0.717, 1.165) is 30.7 Å². The summed E-state index contributed by atoms with van der Waals surface area (Å²) in [6, 6.07) is 8.10. The van der Waals surface area contributed by atoms with Crippen molar-refractivity contribution in [1.82, 2.24) is 4.90 Å². The smallest absolute Gasteiger partial charge is 0.255 e. The summed E-state index contributed by atoms with van der Waals surface area (Å²) in [6.45, 7) is 5.16. The fourth-order valence-electron chi connectivity index (χ4n) is 2.68. The number of nitrogens with zero attached hydrogens (tertiary/aromatic N) is 1. The number of para-hydroxylation sites is 1. The van der Waals surface area contributed by atoms with Crippen LogP contribution >= 0.6 is 0 Å². The number of nitrogens with one attached hydrogen (secondary N) is 1. The number of hydrogen-bond acceptors (Lipinski definition) is 3. The van der Waals surface area contributed by atoms with E-state index in [1.807, 2.05) is 24.3 Å². The van der Waals surface area contributed by atoms with Gasteiger partial charge in [0.2, 0.25) is 0 Å². The molecule has 116 valence electrons. The van der Waals surface area contributed by atoms with Gasteiger partial charge in [0.1, 0.15) is 0 Å². The highest BCUT2D eigenvalue weighted by molar-refractivity contribution is 5.99. The maximum Gasteiger partial charge on any atom is 0.255 e. The molecule has 1 aromatic carbocycles. The van der Waals surface area contributed by atoms with Crippen molar-refractivity contribution in [2.24, 2.45) is 5.92 Å². The number of rotatable bonds is 4. The van der Waals surface area contributed by atoms with E-state index in [-0.39, 0.29) is 5.91 Å². The van der Waals surface area contributed by atoms with Crippen molar-refractivity contribution in [1.29, 1.82) is 0 Å². The molecule has 0 spiro atoms. The van der Waals surface area contributed by atoms with Gasteiger partial charge in [-0.3, -0.25) is 4.79 Å². The van der Waals surface area contributed by atoms with Crippen molar-refractivity contribution in [3.8, 4) is 0 Å². The fourth-order valence-corrected chi connectivity index (χ4v) is 2.68. The first-order valence-electron chi connectivity index (χ1n) is 7.68. The van der Waals surface area contributed by atoms with Crippen molar-refractivity contribution in [3.05, 3.63) is 29.8 Å². The van der Waals surface area contributed by atoms with Crippen LogP contribution in [0.15, 0.2) is 24.3 Å². The van der Waals surface area contributed by atoms with E-state index in [9.17, 15) is 4.79 Å². The molecule has 0 aromatic heterocycles. The van der Waals surface area contributed by atoms with Crippen molar-refractivity contribution in [2.75, 3.05) is 26.0 Å². The van der Waals surface area contributed by atoms with Crippen molar-refractivity contribution < 1.29 is 9.53 Å². The van der Waals surface area contributed by atoms with Gasteiger partial charge in [0, 0.05) is 32.4 Å². The summed E-state index contributed by atoms with van der Waals surface area (Å²) in [5.74, 6) is 0.554. The Balaban J connectivity index is 2.11. The molecule has 0 bridgehead atoms. The lowest BCUT2D eigenvalue weighted by molar-refractivity contribution is -0.0160. The van der Waals surface area contributed by atoms with E-state index >= 15 is 0 Å². The second-order valence-electron chi connectivity index (χ2n) is 6.26. The van der Waals surface area contributed by atoms with Crippen molar-refractivity contribution in [2.45, 2.75) is 38.8 Å². The predicted octanol–water partition coefficient (Wildman–Crippen LogP) is 3.00. The summed E-state index contributed by atoms with van der Waals surface area (Å²) >= 11 is 0. The number of ether oxygens (including phenoxy) is 1. The lowest BCUT2D eigenvalue weighted by atomic mass is 9.95. The van der Waals surface area contributed by atoms with Crippen LogP contribution in [0.1, 0.15) is 37.0 Å². The minimum Gasteiger partial charge on any atom is -0.381 e. The van der Waals surface area contributed by atoms with Gasteiger partial charge in [0.05, 0.1) is 11.7 Å². The molecule has 1 amide bonds. The first-order chi connectivity index (χ1) is 9.99. The Morgan fingerprint density at radius 3 is 2.71 bits per heavy atom. The number of hydrogen-bond donors (Lipinski definition) is 1. The highest BCUT2D eigenvalue weighted by atomic mass is 16.5. The van der Waals surface area contributed by atoms with Gasteiger partial charge in [0.25, 0.3) is 5.91 Å². The Hall–Kier alpha value is -1.55. The maximum atomic E-state index is 12.2. The van der Waals surface area contributed by atoms with Gasteiger partial charge in [-0.1, -0.05) is 26.0 Å². The van der Waals surface area contributed by atoms with E-state index in [1.54, 1.807) is 19.0 Å². The molecule has 2 atom stereocenters. The molecule has 1 aromatic rings. The molecule has 1 aliphatic heterocycles. The number of carbonyl (C=O) groups is 1. The zero-order chi connectivity index (χ0) is 15.4. The normalized spacial score (nSPS) is 22.1. The van der Waals surface area contributed by atoms with E-state index in [0.29, 0.717) is 18.1 Å². The quantitative estimate of drug-likeness (QED) is 0.927. The van der Waals surface area contributed by atoms with Gasteiger partial charge in [0.15, 0.2) is 0 Å². The molecule has 1 fully saturated rings. The molecule has 4 nitrogen and oxygen atoms in total. The average Bonchev–Trinajstić information content (AvgIpc) is 2.47. The predicted molar refractivity (Wildman–Crippen MR) is 85.7 cm³/mol. The number of carbonyl (C=O) groups excluding carboxylic acids is 1. The summed E-state index contributed by atoms with van der Waals surface area (Å²) in [4.78, 5) is 13.9. The third kappa shape index (κ3) is 3.97. The number of anilines is 1. The van der Waals surface area contributed by atoms with Crippen LogP contribution in [0.5, 0.6) is 0 Å².